The van der Waals surface area contributed by atoms with E-state index < -0.39 is 66.0 Å². The third-order valence-corrected chi connectivity index (χ3v) is 10.6. The molecule has 0 aromatic heterocycles. The number of carbonyl (C=O) groups is 1. The van der Waals surface area contributed by atoms with E-state index in [4.69, 9.17) is 23.7 Å². The van der Waals surface area contributed by atoms with Gasteiger partial charge in [0.15, 0.2) is 6.29 Å². The van der Waals surface area contributed by atoms with Crippen LogP contribution in [0.4, 0.5) is 0 Å². The smallest absolute Gasteiger partial charge is 0.302 e. The van der Waals surface area contributed by atoms with Crippen LogP contribution >= 0.6 is 0 Å². The van der Waals surface area contributed by atoms with Crippen molar-refractivity contribution in [2.24, 2.45) is 29.1 Å². The van der Waals surface area contributed by atoms with Gasteiger partial charge in [0, 0.05) is 44.3 Å². The number of fused-ring (bicyclic) bond motifs is 2. The van der Waals surface area contributed by atoms with Gasteiger partial charge in [-0.1, -0.05) is 37.1 Å². The second-order valence-electron chi connectivity index (χ2n) is 14.1. The molecule has 5 N–H and O–H groups in total. The molecule has 3 aliphatic carbocycles. The van der Waals surface area contributed by atoms with Gasteiger partial charge in [0.25, 0.3) is 0 Å². The summed E-state index contributed by atoms with van der Waals surface area (Å²) < 4.78 is 30.0. The van der Waals surface area contributed by atoms with Crippen molar-refractivity contribution in [1.29, 1.82) is 0 Å². The molecule has 0 unspecified atom stereocenters. The normalized spacial score (nSPS) is 41.1. The van der Waals surface area contributed by atoms with Crippen molar-refractivity contribution in [2.75, 3.05) is 26.9 Å². The zero-order chi connectivity index (χ0) is 33.4. The van der Waals surface area contributed by atoms with Crippen LogP contribution in [-0.4, -0.2) is 113 Å². The summed E-state index contributed by atoms with van der Waals surface area (Å²) in [7, 11) is 1.67. The predicted molar refractivity (Wildman–Crippen MR) is 165 cm³/mol. The Kier molecular flexibility index (Phi) is 11.4. The maximum absolute atomic E-state index is 12.4. The molecule has 11 nitrogen and oxygen atoms in total. The highest BCUT2D eigenvalue weighted by Gasteiger charge is 2.56. The van der Waals surface area contributed by atoms with Crippen molar-refractivity contribution in [1.82, 2.24) is 0 Å². The van der Waals surface area contributed by atoms with E-state index >= 15 is 0 Å². The first-order valence-corrected chi connectivity index (χ1v) is 16.1. The predicted octanol–water partition coefficient (Wildman–Crippen LogP) is 2.04. The average molecular weight is 639 g/mol. The van der Waals surface area contributed by atoms with Gasteiger partial charge in [0.05, 0.1) is 24.9 Å². The third kappa shape index (κ3) is 7.12. The fourth-order valence-corrected chi connectivity index (χ4v) is 7.68. The summed E-state index contributed by atoms with van der Waals surface area (Å²) in [6, 6.07) is 0. The molecule has 4 aliphatic rings. The van der Waals surface area contributed by atoms with Crippen molar-refractivity contribution in [3.8, 4) is 0 Å². The van der Waals surface area contributed by atoms with Crippen LogP contribution in [-0.2, 0) is 28.5 Å². The standard InChI is InChI=1S/C34H54O11/c1-9-33(5,6)42-16-24-28(38)29(39)30(40)32(44-24)45-31-26-22(17(2)14-35)12-25(43-19(4)36)34(26,7)13-23-20(15-41-8)10-11-21(23)18(3)27(31)37/h9,13,17-18,20-21,24-25,27-32,35,37-40H,1,10-12,14-16H2,2-8H3/t17-,18-,20-,21+,24-,25+,27-,28-,29+,30-,31-,32-,34+/m1/s1. The highest BCUT2D eigenvalue weighted by atomic mass is 16.7. The number of esters is 1. The molecule has 13 atom stereocenters. The lowest BCUT2D eigenvalue weighted by atomic mass is 9.68. The molecule has 0 bridgehead atoms. The molecule has 2 fully saturated rings. The lowest BCUT2D eigenvalue weighted by Crippen LogP contribution is -2.61. The molecule has 0 aromatic rings. The van der Waals surface area contributed by atoms with Crippen LogP contribution in [0.3, 0.4) is 0 Å². The lowest BCUT2D eigenvalue weighted by Gasteiger charge is -2.46. The number of methoxy groups -OCH3 is 1. The Morgan fingerprint density at radius 3 is 2.44 bits per heavy atom. The summed E-state index contributed by atoms with van der Waals surface area (Å²) in [6.07, 6.45) is -4.23. The molecule has 4 rings (SSSR count). The van der Waals surface area contributed by atoms with Gasteiger partial charge in [-0.3, -0.25) is 4.79 Å². The molecular weight excluding hydrogens is 584 g/mol. The van der Waals surface area contributed by atoms with Gasteiger partial charge in [-0.25, -0.2) is 0 Å². The van der Waals surface area contributed by atoms with Crippen LogP contribution < -0.4 is 0 Å². The Morgan fingerprint density at radius 1 is 1.16 bits per heavy atom. The second kappa shape index (κ2) is 14.2. The summed E-state index contributed by atoms with van der Waals surface area (Å²) in [5, 5.41) is 55.2. The topological polar surface area (TPSA) is 164 Å². The summed E-state index contributed by atoms with van der Waals surface area (Å²) in [6.45, 7) is 14.7. The molecule has 0 amide bonds. The van der Waals surface area contributed by atoms with Crippen LogP contribution in [0.5, 0.6) is 0 Å². The summed E-state index contributed by atoms with van der Waals surface area (Å²) in [4.78, 5) is 12.4. The van der Waals surface area contributed by atoms with Crippen LogP contribution in [0.2, 0.25) is 0 Å². The van der Waals surface area contributed by atoms with Crippen LogP contribution in [0, 0.1) is 29.1 Å². The fraction of sp³-hybridized carbons (Fsp3) is 0.794. The summed E-state index contributed by atoms with van der Waals surface area (Å²) in [5.74, 6) is -0.970. The van der Waals surface area contributed by atoms with Crippen molar-refractivity contribution < 1.29 is 54.0 Å². The van der Waals surface area contributed by atoms with Gasteiger partial charge in [0.1, 0.15) is 36.6 Å². The van der Waals surface area contributed by atoms with E-state index in [2.05, 4.69) is 12.7 Å². The van der Waals surface area contributed by atoms with Gasteiger partial charge in [0.2, 0.25) is 0 Å². The van der Waals surface area contributed by atoms with Gasteiger partial charge >= 0.3 is 5.97 Å². The van der Waals surface area contributed by atoms with E-state index in [1.165, 1.54) is 6.92 Å². The SMILES string of the molecule is C=CC(C)(C)OC[C@H]1O[C@H](O[C@@H]2C3=C([C@H](C)CO)C[C@H](OC(C)=O)[C@]3(C)C=C3[C@@H](COC)CC[C@H]3[C@@H](C)[C@H]2O)[C@H](O)[C@@H](O)[C@@H]1O. The van der Waals surface area contributed by atoms with Crippen LogP contribution in [0.25, 0.3) is 0 Å². The number of rotatable bonds is 11. The first kappa shape index (κ1) is 36.2. The molecule has 45 heavy (non-hydrogen) atoms. The van der Waals surface area contributed by atoms with E-state index in [9.17, 15) is 30.3 Å². The van der Waals surface area contributed by atoms with Gasteiger partial charge in [-0.2, -0.15) is 0 Å². The molecule has 0 spiro atoms. The number of hydrogen-bond donors (Lipinski definition) is 5. The maximum atomic E-state index is 12.4. The van der Waals surface area contributed by atoms with Crippen molar-refractivity contribution in [3.05, 3.63) is 35.5 Å². The molecule has 1 aliphatic heterocycles. The minimum absolute atomic E-state index is 0.00573. The average Bonchev–Trinajstić information content (AvgIpc) is 3.50. The molecular formula is C34H54O11. The number of ether oxygens (including phenoxy) is 5. The molecule has 0 radical (unpaired) electrons. The van der Waals surface area contributed by atoms with E-state index in [-0.39, 0.29) is 36.9 Å². The highest BCUT2D eigenvalue weighted by Crippen LogP contribution is 2.56. The zero-order valence-corrected chi connectivity index (χ0v) is 27.7. The van der Waals surface area contributed by atoms with Gasteiger partial charge in [-0.05, 0) is 51.0 Å². The molecule has 1 saturated carbocycles. The van der Waals surface area contributed by atoms with E-state index in [1.54, 1.807) is 27.0 Å². The largest absolute Gasteiger partial charge is 0.461 e. The van der Waals surface area contributed by atoms with Crippen LogP contribution in [0.15, 0.2) is 35.5 Å². The number of aliphatic hydroxyl groups is 5. The third-order valence-electron chi connectivity index (χ3n) is 10.6. The highest BCUT2D eigenvalue weighted by molar-refractivity contribution is 5.66. The van der Waals surface area contributed by atoms with Gasteiger partial charge < -0.3 is 49.2 Å². The first-order valence-electron chi connectivity index (χ1n) is 16.1. The number of aliphatic hydroxyl groups excluding tert-OH is 5. The monoisotopic (exact) mass is 638 g/mol. The minimum atomic E-state index is -1.64. The fourth-order valence-electron chi connectivity index (χ4n) is 7.68. The molecule has 1 saturated heterocycles. The number of carbonyl (C=O) groups excluding carboxylic acids is 1. The second-order valence-corrected chi connectivity index (χ2v) is 14.1. The number of hydrogen-bond acceptors (Lipinski definition) is 11. The molecule has 11 heteroatoms. The first-order chi connectivity index (χ1) is 21.1. The lowest BCUT2D eigenvalue weighted by molar-refractivity contribution is -0.319. The van der Waals surface area contributed by atoms with E-state index in [0.717, 1.165) is 24.0 Å². The van der Waals surface area contributed by atoms with E-state index in [0.29, 0.717) is 18.6 Å². The Labute approximate surface area is 266 Å². The molecule has 1 heterocycles. The Bertz CT molecular complexity index is 1130. The van der Waals surface area contributed by atoms with Gasteiger partial charge in [-0.15, -0.1) is 6.58 Å². The van der Waals surface area contributed by atoms with E-state index in [1.807, 2.05) is 20.8 Å². The molecule has 0 aromatic carbocycles. The van der Waals surface area contributed by atoms with Crippen LogP contribution in [0.1, 0.15) is 60.8 Å². The van der Waals surface area contributed by atoms with Crippen molar-refractivity contribution >= 4 is 5.97 Å². The Hall–Kier alpha value is -1.67. The zero-order valence-electron chi connectivity index (χ0n) is 27.7. The Morgan fingerprint density at radius 2 is 1.84 bits per heavy atom. The maximum Gasteiger partial charge on any atom is 0.302 e. The molecule has 256 valence electrons. The Balaban J connectivity index is 1.82. The summed E-state index contributed by atoms with van der Waals surface area (Å²) >= 11 is 0. The quantitative estimate of drug-likeness (QED) is 0.166. The van der Waals surface area contributed by atoms with Crippen molar-refractivity contribution in [3.63, 3.8) is 0 Å². The summed E-state index contributed by atoms with van der Waals surface area (Å²) in [5.41, 5.74) is 0.911. The van der Waals surface area contributed by atoms with Crippen molar-refractivity contribution in [2.45, 2.75) is 115 Å². The minimum Gasteiger partial charge on any atom is -0.461 e.